The molecule has 0 unspecified atom stereocenters. The van der Waals surface area contributed by atoms with Crippen molar-refractivity contribution in [2.24, 2.45) is 0 Å². The number of benzene rings is 1. The van der Waals surface area contributed by atoms with E-state index in [4.69, 9.17) is 0 Å². The van der Waals surface area contributed by atoms with Gasteiger partial charge in [-0.15, -0.1) is 0 Å². The van der Waals surface area contributed by atoms with Gasteiger partial charge in [0.25, 0.3) is 0 Å². The average Bonchev–Trinajstić information content (AvgIpc) is 2.41. The van der Waals surface area contributed by atoms with Crippen LogP contribution in [0.15, 0.2) is 28.7 Å². The average molecular weight is 326 g/mol. The van der Waals surface area contributed by atoms with Crippen molar-refractivity contribution in [3.05, 3.63) is 28.7 Å². The fourth-order valence-corrected chi connectivity index (χ4v) is 2.28. The van der Waals surface area contributed by atoms with Crippen molar-refractivity contribution in [1.29, 1.82) is 0 Å². The highest BCUT2D eigenvalue weighted by Gasteiger charge is 2.25. The lowest BCUT2D eigenvalue weighted by atomic mass is 10.3. The highest BCUT2D eigenvalue weighted by molar-refractivity contribution is 9.10. The van der Waals surface area contributed by atoms with E-state index < -0.39 is 11.8 Å². The highest BCUT2D eigenvalue weighted by atomic mass is 79.9. The second-order valence-corrected chi connectivity index (χ2v) is 5.38. The number of piperazine rings is 1. The normalized spacial score (nSPS) is 16.2. The van der Waals surface area contributed by atoms with Gasteiger partial charge in [0.05, 0.1) is 5.69 Å². The number of hydrogen-bond donors (Lipinski definition) is 1. The molecule has 0 atom stereocenters. The zero-order valence-electron chi connectivity index (χ0n) is 10.7. The number of nitrogens with zero attached hydrogens (tertiary/aromatic N) is 2. The predicted octanol–water partition coefficient (Wildman–Crippen LogP) is 1.16. The molecule has 2 rings (SSSR count). The number of likely N-dealkylation sites (N-methyl/N-ethyl adjacent to an activating group) is 1. The van der Waals surface area contributed by atoms with Gasteiger partial charge in [0.15, 0.2) is 0 Å². The molecule has 0 bridgehead atoms. The van der Waals surface area contributed by atoms with E-state index >= 15 is 0 Å². The first kappa shape index (κ1) is 14.0. The Labute approximate surface area is 120 Å². The molecule has 1 aromatic carbocycles. The maximum absolute atomic E-state index is 12.0. The summed E-state index contributed by atoms with van der Waals surface area (Å²) >= 11 is 3.33. The molecule has 2 amide bonds. The topological polar surface area (TPSA) is 52.7 Å². The van der Waals surface area contributed by atoms with Gasteiger partial charge in [-0.05, 0) is 35.1 Å². The molecule has 0 aliphatic carbocycles. The summed E-state index contributed by atoms with van der Waals surface area (Å²) in [5.41, 5.74) is 0.606. The molecule has 1 aliphatic heterocycles. The van der Waals surface area contributed by atoms with Crippen LogP contribution in [0.2, 0.25) is 0 Å². The number of hydrogen-bond acceptors (Lipinski definition) is 3. The van der Waals surface area contributed by atoms with E-state index in [9.17, 15) is 9.59 Å². The van der Waals surface area contributed by atoms with Crippen LogP contribution in [0.25, 0.3) is 0 Å². The fraction of sp³-hybridized carbons (Fsp3) is 0.385. The van der Waals surface area contributed by atoms with Gasteiger partial charge < -0.3 is 15.1 Å². The van der Waals surface area contributed by atoms with Crippen LogP contribution in [0.5, 0.6) is 0 Å². The van der Waals surface area contributed by atoms with Gasteiger partial charge >= 0.3 is 11.8 Å². The monoisotopic (exact) mass is 325 g/mol. The molecule has 1 heterocycles. The molecule has 1 saturated heterocycles. The van der Waals surface area contributed by atoms with Gasteiger partial charge in [0.1, 0.15) is 0 Å². The highest BCUT2D eigenvalue weighted by Crippen LogP contribution is 2.21. The number of rotatable bonds is 1. The van der Waals surface area contributed by atoms with Crippen molar-refractivity contribution in [2.75, 3.05) is 38.5 Å². The number of para-hydroxylation sites is 1. The minimum absolute atomic E-state index is 0.469. The zero-order valence-corrected chi connectivity index (χ0v) is 12.3. The first-order chi connectivity index (χ1) is 9.08. The van der Waals surface area contributed by atoms with E-state index in [0.717, 1.165) is 17.6 Å². The molecule has 6 heteroatoms. The van der Waals surface area contributed by atoms with E-state index in [1.807, 2.05) is 19.2 Å². The SMILES string of the molecule is CN1CCN(C(=O)C(=O)Nc2ccccc2Br)CC1. The molecule has 1 N–H and O–H groups in total. The maximum atomic E-state index is 12.0. The third kappa shape index (κ3) is 3.54. The summed E-state index contributed by atoms with van der Waals surface area (Å²) in [6.45, 7) is 2.79. The summed E-state index contributed by atoms with van der Waals surface area (Å²) in [6, 6.07) is 7.22. The Morgan fingerprint density at radius 3 is 2.42 bits per heavy atom. The van der Waals surface area contributed by atoms with Crippen LogP contribution in [0.4, 0.5) is 5.69 Å². The van der Waals surface area contributed by atoms with Gasteiger partial charge in [-0.2, -0.15) is 0 Å². The molecular formula is C13H16BrN3O2. The lowest BCUT2D eigenvalue weighted by Gasteiger charge is -2.31. The predicted molar refractivity (Wildman–Crippen MR) is 76.8 cm³/mol. The molecule has 102 valence electrons. The van der Waals surface area contributed by atoms with Crippen LogP contribution in [-0.4, -0.2) is 54.8 Å². The second-order valence-electron chi connectivity index (χ2n) is 4.53. The standard InChI is InChI=1S/C13H16BrN3O2/c1-16-6-8-17(9-7-16)13(19)12(18)15-11-5-3-2-4-10(11)14/h2-5H,6-9H2,1H3,(H,15,18). The molecule has 0 saturated carbocycles. The van der Waals surface area contributed by atoms with Gasteiger partial charge in [-0.3, -0.25) is 9.59 Å². The van der Waals surface area contributed by atoms with Crippen LogP contribution in [-0.2, 0) is 9.59 Å². The number of anilines is 1. The van der Waals surface area contributed by atoms with E-state index in [-0.39, 0.29) is 0 Å². The third-order valence-corrected chi connectivity index (χ3v) is 3.80. The quantitative estimate of drug-likeness (QED) is 0.788. The number of amides is 2. The summed E-state index contributed by atoms with van der Waals surface area (Å²) in [5.74, 6) is -1.06. The minimum atomic E-state index is -0.587. The summed E-state index contributed by atoms with van der Waals surface area (Å²) in [4.78, 5) is 27.6. The number of carbonyl (C=O) groups excluding carboxylic acids is 2. The molecule has 19 heavy (non-hydrogen) atoms. The van der Waals surface area contributed by atoms with Crippen LogP contribution >= 0.6 is 15.9 Å². The molecule has 0 radical (unpaired) electrons. The summed E-state index contributed by atoms with van der Waals surface area (Å²) in [7, 11) is 2.00. The Hall–Kier alpha value is -1.40. The maximum Gasteiger partial charge on any atom is 0.313 e. The lowest BCUT2D eigenvalue weighted by molar-refractivity contribution is -0.144. The van der Waals surface area contributed by atoms with Crippen LogP contribution in [0.3, 0.4) is 0 Å². The summed E-state index contributed by atoms with van der Waals surface area (Å²) in [5, 5.41) is 2.63. The fourth-order valence-electron chi connectivity index (χ4n) is 1.89. The van der Waals surface area contributed by atoms with Gasteiger partial charge in [-0.1, -0.05) is 12.1 Å². The van der Waals surface area contributed by atoms with Crippen molar-refractivity contribution in [3.63, 3.8) is 0 Å². The smallest absolute Gasteiger partial charge is 0.313 e. The Kier molecular flexibility index (Phi) is 4.55. The molecule has 0 spiro atoms. The first-order valence-electron chi connectivity index (χ1n) is 6.11. The molecule has 0 aromatic heterocycles. The van der Waals surface area contributed by atoms with Crippen LogP contribution < -0.4 is 5.32 Å². The number of halogens is 1. The van der Waals surface area contributed by atoms with E-state index in [2.05, 4.69) is 26.1 Å². The van der Waals surface area contributed by atoms with Gasteiger partial charge in [0, 0.05) is 30.7 Å². The zero-order chi connectivity index (χ0) is 13.8. The largest absolute Gasteiger partial charge is 0.332 e. The van der Waals surface area contributed by atoms with Gasteiger partial charge in [0.2, 0.25) is 0 Å². The van der Waals surface area contributed by atoms with Crippen molar-refractivity contribution in [1.82, 2.24) is 9.80 Å². The molecule has 1 fully saturated rings. The first-order valence-corrected chi connectivity index (χ1v) is 6.90. The molecule has 5 nitrogen and oxygen atoms in total. The van der Waals surface area contributed by atoms with E-state index in [1.165, 1.54) is 0 Å². The Bertz CT molecular complexity index is 485. The third-order valence-electron chi connectivity index (χ3n) is 3.11. The van der Waals surface area contributed by atoms with Crippen LogP contribution in [0, 0.1) is 0 Å². The summed E-state index contributed by atoms with van der Waals surface area (Å²) in [6.07, 6.45) is 0. The Morgan fingerprint density at radius 2 is 1.79 bits per heavy atom. The lowest BCUT2D eigenvalue weighted by Crippen LogP contribution is -2.50. The Balaban J connectivity index is 1.96. The van der Waals surface area contributed by atoms with E-state index in [1.54, 1.807) is 17.0 Å². The van der Waals surface area contributed by atoms with Crippen molar-refractivity contribution >= 4 is 33.4 Å². The number of nitrogens with one attached hydrogen (secondary N) is 1. The molecular weight excluding hydrogens is 310 g/mol. The number of carbonyl (C=O) groups is 2. The van der Waals surface area contributed by atoms with Crippen molar-refractivity contribution in [2.45, 2.75) is 0 Å². The van der Waals surface area contributed by atoms with Gasteiger partial charge in [-0.25, -0.2) is 0 Å². The van der Waals surface area contributed by atoms with E-state index in [0.29, 0.717) is 18.8 Å². The Morgan fingerprint density at radius 1 is 1.16 bits per heavy atom. The minimum Gasteiger partial charge on any atom is -0.332 e. The molecule has 1 aromatic rings. The summed E-state index contributed by atoms with van der Waals surface area (Å²) < 4.78 is 0.759. The molecule has 1 aliphatic rings. The van der Waals surface area contributed by atoms with Crippen LogP contribution in [0.1, 0.15) is 0 Å². The van der Waals surface area contributed by atoms with Crippen molar-refractivity contribution < 1.29 is 9.59 Å². The second kappa shape index (κ2) is 6.16. The van der Waals surface area contributed by atoms with Crippen molar-refractivity contribution in [3.8, 4) is 0 Å².